The van der Waals surface area contributed by atoms with Gasteiger partial charge in [0.05, 0.1) is 12.2 Å². The van der Waals surface area contributed by atoms with Gasteiger partial charge in [-0.15, -0.1) is 0 Å². The average Bonchev–Trinajstić information content (AvgIpc) is 2.99. The predicted octanol–water partition coefficient (Wildman–Crippen LogP) is 6.50. The molecule has 4 aliphatic rings. The minimum Gasteiger partial charge on any atom is -0.393 e. The molecule has 8 atom stereocenters. The van der Waals surface area contributed by atoms with E-state index in [9.17, 15) is 10.2 Å². The van der Waals surface area contributed by atoms with Crippen molar-refractivity contribution < 1.29 is 10.2 Å². The molecule has 4 aliphatic carbocycles. The van der Waals surface area contributed by atoms with Crippen LogP contribution in [0.3, 0.4) is 0 Å². The van der Waals surface area contributed by atoms with Crippen LogP contribution in [0.1, 0.15) is 105 Å². The Kier molecular flexibility index (Phi) is 6.01. The van der Waals surface area contributed by atoms with E-state index in [1.165, 1.54) is 44.9 Å². The molecule has 0 aromatic carbocycles. The second-order valence-corrected chi connectivity index (χ2v) is 12.3. The molecular formula is C27H46O2. The van der Waals surface area contributed by atoms with Crippen molar-refractivity contribution >= 4 is 0 Å². The lowest BCUT2D eigenvalue weighted by Crippen LogP contribution is -2.50. The molecule has 0 radical (unpaired) electrons. The number of hydrogen-bond donors (Lipinski definition) is 2. The maximum Gasteiger partial charge on any atom is 0.0637 e. The lowest BCUT2D eigenvalue weighted by atomic mass is 9.50. The third kappa shape index (κ3) is 3.65. The van der Waals surface area contributed by atoms with Crippen LogP contribution in [-0.2, 0) is 0 Å². The summed E-state index contributed by atoms with van der Waals surface area (Å²) in [4.78, 5) is 0. The number of aliphatic hydroxyl groups excluding tert-OH is 2. The van der Waals surface area contributed by atoms with Crippen molar-refractivity contribution in [3.63, 3.8) is 0 Å². The number of aliphatic hydroxyl groups is 2. The minimum absolute atomic E-state index is 0.167. The summed E-state index contributed by atoms with van der Waals surface area (Å²) in [5.74, 6) is 3.90. The minimum atomic E-state index is -0.272. The zero-order chi connectivity index (χ0) is 21.0. The van der Waals surface area contributed by atoms with Crippen LogP contribution in [0.4, 0.5) is 0 Å². The van der Waals surface area contributed by atoms with Crippen LogP contribution in [0, 0.1) is 40.4 Å². The first-order valence-corrected chi connectivity index (χ1v) is 12.8. The van der Waals surface area contributed by atoms with Gasteiger partial charge in [0.2, 0.25) is 0 Å². The normalized spacial score (nSPS) is 45.7. The van der Waals surface area contributed by atoms with Crippen molar-refractivity contribution in [2.75, 3.05) is 0 Å². The summed E-state index contributed by atoms with van der Waals surface area (Å²) < 4.78 is 0. The number of hydrogen-bond acceptors (Lipinski definition) is 2. The van der Waals surface area contributed by atoms with E-state index in [0.717, 1.165) is 49.4 Å². The molecule has 0 amide bonds. The van der Waals surface area contributed by atoms with Crippen LogP contribution in [0.15, 0.2) is 11.1 Å². The van der Waals surface area contributed by atoms with Crippen molar-refractivity contribution in [2.24, 2.45) is 40.4 Å². The van der Waals surface area contributed by atoms with Gasteiger partial charge >= 0.3 is 0 Å². The van der Waals surface area contributed by atoms with E-state index in [1.54, 1.807) is 11.1 Å². The SMILES string of the molecule is CC(C)CCC[C@H](C)[C@@H]1CC[C@@H]2[C@@H]3C[C@H](O)[C@]4(C)C[C@@H](O)CCC4=C3CC[C@@]21C. The first kappa shape index (κ1) is 21.9. The van der Waals surface area contributed by atoms with E-state index in [0.29, 0.717) is 11.3 Å². The second-order valence-electron chi connectivity index (χ2n) is 12.3. The van der Waals surface area contributed by atoms with E-state index in [-0.39, 0.29) is 17.6 Å². The Hall–Kier alpha value is -0.340. The standard InChI is InChI=1S/C27H46O2/c1-17(2)7-6-8-18(3)22-11-12-24-21-15-25(29)27(5)16-19(28)9-10-23(27)20(21)13-14-26(22,24)4/h17-19,21-22,24-25,28-29H,6-16H2,1-5H3/t18-,19-,21+,22-,24+,25-,26+,27+/m0/s1. The molecule has 0 aromatic rings. The molecule has 0 bridgehead atoms. The quantitative estimate of drug-likeness (QED) is 0.515. The van der Waals surface area contributed by atoms with Gasteiger partial charge in [-0.3, -0.25) is 0 Å². The average molecular weight is 403 g/mol. The van der Waals surface area contributed by atoms with E-state index in [4.69, 9.17) is 0 Å². The Labute approximate surface area is 179 Å². The number of rotatable bonds is 5. The Bertz CT molecular complexity index is 636. The molecule has 0 unspecified atom stereocenters. The van der Waals surface area contributed by atoms with Crippen LogP contribution in [0.25, 0.3) is 0 Å². The molecule has 0 saturated heterocycles. The third-order valence-corrected chi connectivity index (χ3v) is 10.2. The number of allylic oxidation sites excluding steroid dienone is 1. The molecule has 0 aliphatic heterocycles. The maximum absolute atomic E-state index is 11.2. The third-order valence-electron chi connectivity index (χ3n) is 10.2. The molecule has 4 rings (SSSR count). The Morgan fingerprint density at radius 2 is 1.76 bits per heavy atom. The van der Waals surface area contributed by atoms with E-state index >= 15 is 0 Å². The van der Waals surface area contributed by atoms with Crippen molar-refractivity contribution in [2.45, 2.75) is 117 Å². The van der Waals surface area contributed by atoms with Gasteiger partial charge in [0.15, 0.2) is 0 Å². The number of fused-ring (bicyclic) bond motifs is 4. The summed E-state index contributed by atoms with van der Waals surface area (Å²) in [5, 5.41) is 21.5. The first-order chi connectivity index (χ1) is 13.7. The molecule has 0 heterocycles. The summed E-state index contributed by atoms with van der Waals surface area (Å²) in [7, 11) is 0. The first-order valence-electron chi connectivity index (χ1n) is 12.8. The van der Waals surface area contributed by atoms with Crippen LogP contribution in [0.5, 0.6) is 0 Å². The molecule has 2 heteroatoms. The van der Waals surface area contributed by atoms with Crippen molar-refractivity contribution in [1.82, 2.24) is 0 Å². The highest BCUT2D eigenvalue weighted by Gasteiger charge is 2.57. The summed E-state index contributed by atoms with van der Waals surface area (Å²) in [6, 6.07) is 0. The van der Waals surface area contributed by atoms with Gasteiger partial charge in [0, 0.05) is 5.41 Å². The zero-order valence-corrected chi connectivity index (χ0v) is 19.7. The van der Waals surface area contributed by atoms with Gasteiger partial charge < -0.3 is 10.2 Å². The van der Waals surface area contributed by atoms with E-state index in [2.05, 4.69) is 34.6 Å². The molecule has 2 N–H and O–H groups in total. The second kappa shape index (κ2) is 7.97. The van der Waals surface area contributed by atoms with Gasteiger partial charge in [-0.05, 0) is 86.4 Å². The highest BCUT2D eigenvalue weighted by Crippen LogP contribution is 2.65. The Balaban J connectivity index is 1.54. The Morgan fingerprint density at radius 1 is 1.00 bits per heavy atom. The van der Waals surface area contributed by atoms with Gasteiger partial charge in [-0.2, -0.15) is 0 Å². The molecule has 166 valence electrons. The summed E-state index contributed by atoms with van der Waals surface area (Å²) in [5.41, 5.74) is 3.58. The maximum atomic E-state index is 11.2. The van der Waals surface area contributed by atoms with Gasteiger partial charge in [0.1, 0.15) is 0 Å². The smallest absolute Gasteiger partial charge is 0.0637 e. The fourth-order valence-corrected chi connectivity index (χ4v) is 8.50. The van der Waals surface area contributed by atoms with Crippen LogP contribution >= 0.6 is 0 Å². The monoisotopic (exact) mass is 402 g/mol. The molecule has 0 aromatic heterocycles. The largest absolute Gasteiger partial charge is 0.393 e. The van der Waals surface area contributed by atoms with Crippen LogP contribution in [0.2, 0.25) is 0 Å². The van der Waals surface area contributed by atoms with Gasteiger partial charge in [-0.25, -0.2) is 0 Å². The van der Waals surface area contributed by atoms with Gasteiger partial charge in [-0.1, -0.05) is 65.0 Å². The van der Waals surface area contributed by atoms with Crippen molar-refractivity contribution in [3.05, 3.63) is 11.1 Å². The van der Waals surface area contributed by atoms with E-state index in [1.807, 2.05) is 0 Å². The summed E-state index contributed by atoms with van der Waals surface area (Å²) >= 11 is 0. The Morgan fingerprint density at radius 3 is 2.48 bits per heavy atom. The molecule has 3 fully saturated rings. The highest BCUT2D eigenvalue weighted by molar-refractivity contribution is 5.34. The van der Waals surface area contributed by atoms with E-state index < -0.39 is 0 Å². The van der Waals surface area contributed by atoms with Crippen LogP contribution in [-0.4, -0.2) is 22.4 Å². The molecule has 2 nitrogen and oxygen atoms in total. The molecule has 3 saturated carbocycles. The highest BCUT2D eigenvalue weighted by atomic mass is 16.3. The van der Waals surface area contributed by atoms with Crippen molar-refractivity contribution in [1.29, 1.82) is 0 Å². The van der Waals surface area contributed by atoms with Gasteiger partial charge in [0.25, 0.3) is 0 Å². The van der Waals surface area contributed by atoms with Crippen LogP contribution < -0.4 is 0 Å². The topological polar surface area (TPSA) is 40.5 Å². The zero-order valence-electron chi connectivity index (χ0n) is 19.7. The fourth-order valence-electron chi connectivity index (χ4n) is 8.50. The molecular weight excluding hydrogens is 356 g/mol. The molecule has 29 heavy (non-hydrogen) atoms. The lowest BCUT2D eigenvalue weighted by Gasteiger charge is -2.55. The predicted molar refractivity (Wildman–Crippen MR) is 121 cm³/mol. The van der Waals surface area contributed by atoms with Crippen molar-refractivity contribution in [3.8, 4) is 0 Å². The summed E-state index contributed by atoms with van der Waals surface area (Å²) in [6.45, 7) is 12.1. The summed E-state index contributed by atoms with van der Waals surface area (Å²) in [6.07, 6.45) is 12.6. The fraction of sp³-hybridized carbons (Fsp3) is 0.926. The lowest BCUT2D eigenvalue weighted by molar-refractivity contribution is -0.0455. The molecule has 0 spiro atoms.